The highest BCUT2D eigenvalue weighted by atomic mass is 16.5. The zero-order valence-corrected chi connectivity index (χ0v) is 7.69. The van der Waals surface area contributed by atoms with Gasteiger partial charge in [-0.3, -0.25) is 0 Å². The Kier molecular flexibility index (Phi) is 1.37. The number of fused-ring (bicyclic) bond motifs is 5. The summed E-state index contributed by atoms with van der Waals surface area (Å²) in [4.78, 5) is 0. The molecule has 3 aliphatic rings. The first-order valence-corrected chi connectivity index (χ1v) is 5.02. The Balaban J connectivity index is 1.92. The molecule has 3 saturated heterocycles. The summed E-state index contributed by atoms with van der Waals surface area (Å²) in [6, 6.07) is 0. The van der Waals surface area contributed by atoms with Gasteiger partial charge in [0.1, 0.15) is 0 Å². The second-order valence-electron chi connectivity index (χ2n) is 4.65. The smallest absolute Gasteiger partial charge is 0.0662 e. The lowest BCUT2D eigenvalue weighted by molar-refractivity contribution is 0.0349. The Labute approximate surface area is 73.2 Å². The summed E-state index contributed by atoms with van der Waals surface area (Å²) in [5.74, 6) is 2.94. The molecule has 0 aromatic rings. The van der Waals surface area contributed by atoms with Crippen molar-refractivity contribution in [2.45, 2.75) is 26.1 Å². The van der Waals surface area contributed by atoms with Gasteiger partial charge in [-0.15, -0.1) is 0 Å². The van der Waals surface area contributed by atoms with Gasteiger partial charge in [0.15, 0.2) is 0 Å². The van der Waals surface area contributed by atoms with Crippen molar-refractivity contribution in [3.05, 3.63) is 0 Å². The van der Waals surface area contributed by atoms with Crippen LogP contribution < -0.4 is 0 Å². The molecular formula is C10H16O2. The van der Waals surface area contributed by atoms with E-state index in [2.05, 4.69) is 13.8 Å². The van der Waals surface area contributed by atoms with E-state index in [0.29, 0.717) is 12.2 Å². The first-order chi connectivity index (χ1) is 5.79. The molecule has 0 aromatic carbocycles. The Morgan fingerprint density at radius 3 is 1.92 bits per heavy atom. The van der Waals surface area contributed by atoms with Crippen LogP contribution in [0.1, 0.15) is 13.8 Å². The lowest BCUT2D eigenvalue weighted by Crippen LogP contribution is -2.36. The van der Waals surface area contributed by atoms with Crippen LogP contribution in [0.4, 0.5) is 0 Å². The lowest BCUT2D eigenvalue weighted by atomic mass is 9.71. The molecule has 6 atom stereocenters. The lowest BCUT2D eigenvalue weighted by Gasteiger charge is -2.29. The van der Waals surface area contributed by atoms with Gasteiger partial charge in [-0.25, -0.2) is 0 Å². The molecular weight excluding hydrogens is 152 g/mol. The molecule has 0 saturated carbocycles. The standard InChI is InChI=1S/C10H16O2/c1-5-6(2)10-8-4-11-3-7(8)9(5)12-10/h5-10H,3-4H2,1-2H3. The molecule has 6 unspecified atom stereocenters. The summed E-state index contributed by atoms with van der Waals surface area (Å²) >= 11 is 0. The van der Waals surface area contributed by atoms with Crippen molar-refractivity contribution < 1.29 is 9.47 Å². The maximum absolute atomic E-state index is 5.98. The van der Waals surface area contributed by atoms with Crippen LogP contribution in [0.2, 0.25) is 0 Å². The first kappa shape index (κ1) is 7.34. The molecule has 3 aliphatic heterocycles. The number of ether oxygens (including phenoxy) is 2. The van der Waals surface area contributed by atoms with Gasteiger partial charge < -0.3 is 9.47 Å². The van der Waals surface area contributed by atoms with Crippen LogP contribution >= 0.6 is 0 Å². The van der Waals surface area contributed by atoms with Crippen molar-refractivity contribution >= 4 is 0 Å². The van der Waals surface area contributed by atoms with Crippen molar-refractivity contribution in [1.29, 1.82) is 0 Å². The van der Waals surface area contributed by atoms with E-state index < -0.39 is 0 Å². The van der Waals surface area contributed by atoms with Gasteiger partial charge >= 0.3 is 0 Å². The molecule has 0 spiro atoms. The average Bonchev–Trinajstić information content (AvgIpc) is 2.63. The van der Waals surface area contributed by atoms with E-state index in [9.17, 15) is 0 Å². The fraction of sp³-hybridized carbons (Fsp3) is 1.00. The molecule has 0 radical (unpaired) electrons. The van der Waals surface area contributed by atoms with E-state index in [-0.39, 0.29) is 0 Å². The van der Waals surface area contributed by atoms with Crippen LogP contribution in [0.25, 0.3) is 0 Å². The van der Waals surface area contributed by atoms with Crippen molar-refractivity contribution in [2.75, 3.05) is 13.2 Å². The summed E-state index contributed by atoms with van der Waals surface area (Å²) in [7, 11) is 0. The number of hydrogen-bond acceptors (Lipinski definition) is 2. The maximum atomic E-state index is 5.98. The minimum Gasteiger partial charge on any atom is -0.381 e. The van der Waals surface area contributed by atoms with Gasteiger partial charge in [-0.1, -0.05) is 13.8 Å². The zero-order valence-electron chi connectivity index (χ0n) is 7.69. The molecule has 12 heavy (non-hydrogen) atoms. The van der Waals surface area contributed by atoms with Crippen LogP contribution in [0, 0.1) is 23.7 Å². The molecule has 68 valence electrons. The van der Waals surface area contributed by atoms with Gasteiger partial charge in [0.05, 0.1) is 25.4 Å². The largest absolute Gasteiger partial charge is 0.381 e. The van der Waals surface area contributed by atoms with Crippen LogP contribution in [0.15, 0.2) is 0 Å². The van der Waals surface area contributed by atoms with E-state index in [0.717, 1.165) is 36.9 Å². The van der Waals surface area contributed by atoms with Crippen LogP contribution in [0.3, 0.4) is 0 Å². The van der Waals surface area contributed by atoms with E-state index in [1.807, 2.05) is 0 Å². The highest BCUT2D eigenvalue weighted by molar-refractivity contribution is 5.04. The maximum Gasteiger partial charge on any atom is 0.0662 e. The van der Waals surface area contributed by atoms with E-state index in [4.69, 9.17) is 9.47 Å². The molecule has 2 nitrogen and oxygen atoms in total. The molecule has 3 fully saturated rings. The van der Waals surface area contributed by atoms with Gasteiger partial charge in [-0.2, -0.15) is 0 Å². The van der Waals surface area contributed by atoms with Crippen LogP contribution in [0.5, 0.6) is 0 Å². The van der Waals surface area contributed by atoms with E-state index in [1.165, 1.54) is 0 Å². The Bertz CT molecular complexity index is 184. The predicted molar refractivity (Wildman–Crippen MR) is 44.8 cm³/mol. The highest BCUT2D eigenvalue weighted by Crippen LogP contribution is 2.51. The zero-order chi connectivity index (χ0) is 8.29. The third-order valence-electron chi connectivity index (χ3n) is 4.19. The molecule has 3 rings (SSSR count). The minimum absolute atomic E-state index is 0.512. The molecule has 0 aromatic heterocycles. The van der Waals surface area contributed by atoms with Crippen LogP contribution in [-0.4, -0.2) is 25.4 Å². The predicted octanol–water partition coefficient (Wildman–Crippen LogP) is 1.30. The second-order valence-corrected chi connectivity index (χ2v) is 4.65. The Morgan fingerprint density at radius 2 is 1.42 bits per heavy atom. The van der Waals surface area contributed by atoms with Gasteiger partial charge in [-0.05, 0) is 11.8 Å². The molecule has 0 N–H and O–H groups in total. The van der Waals surface area contributed by atoms with Crippen molar-refractivity contribution in [3.8, 4) is 0 Å². The summed E-state index contributed by atoms with van der Waals surface area (Å²) in [6.45, 7) is 6.54. The fourth-order valence-electron chi connectivity index (χ4n) is 3.27. The minimum atomic E-state index is 0.512. The van der Waals surface area contributed by atoms with E-state index >= 15 is 0 Å². The fourth-order valence-corrected chi connectivity index (χ4v) is 3.27. The van der Waals surface area contributed by atoms with Crippen molar-refractivity contribution in [3.63, 3.8) is 0 Å². The first-order valence-electron chi connectivity index (χ1n) is 5.02. The Hall–Kier alpha value is -0.0800. The van der Waals surface area contributed by atoms with E-state index in [1.54, 1.807) is 0 Å². The van der Waals surface area contributed by atoms with Crippen molar-refractivity contribution in [1.82, 2.24) is 0 Å². The number of hydrogen-bond donors (Lipinski definition) is 0. The van der Waals surface area contributed by atoms with Crippen molar-refractivity contribution in [2.24, 2.45) is 23.7 Å². The Morgan fingerprint density at radius 1 is 0.917 bits per heavy atom. The quantitative estimate of drug-likeness (QED) is 0.543. The van der Waals surface area contributed by atoms with Gasteiger partial charge in [0.2, 0.25) is 0 Å². The van der Waals surface area contributed by atoms with Gasteiger partial charge in [0.25, 0.3) is 0 Å². The molecule has 0 aliphatic carbocycles. The summed E-state index contributed by atoms with van der Waals surface area (Å²) in [5.41, 5.74) is 0. The molecule has 3 heterocycles. The molecule has 2 bridgehead atoms. The summed E-state index contributed by atoms with van der Waals surface area (Å²) in [5, 5.41) is 0. The third kappa shape index (κ3) is 0.686. The highest BCUT2D eigenvalue weighted by Gasteiger charge is 2.58. The normalized spacial score (nSPS) is 62.5. The summed E-state index contributed by atoms with van der Waals surface area (Å²) < 4.78 is 11.5. The summed E-state index contributed by atoms with van der Waals surface area (Å²) in [6.07, 6.45) is 1.02. The SMILES string of the molecule is CC1C(C)C2OC1C1COCC12. The second kappa shape index (κ2) is 2.24. The topological polar surface area (TPSA) is 18.5 Å². The number of rotatable bonds is 0. The molecule has 2 heteroatoms. The average molecular weight is 168 g/mol. The van der Waals surface area contributed by atoms with Gasteiger partial charge in [0, 0.05) is 11.8 Å². The monoisotopic (exact) mass is 168 g/mol. The molecule has 0 amide bonds. The van der Waals surface area contributed by atoms with Crippen LogP contribution in [-0.2, 0) is 9.47 Å². The third-order valence-corrected chi connectivity index (χ3v) is 4.19.